The summed E-state index contributed by atoms with van der Waals surface area (Å²) in [6.45, 7) is 10.8. The number of hydrogen-bond donors (Lipinski definition) is 1. The van der Waals surface area contributed by atoms with Gasteiger partial charge >= 0.3 is 0 Å². The summed E-state index contributed by atoms with van der Waals surface area (Å²) in [4.78, 5) is 12.7. The zero-order valence-electron chi connectivity index (χ0n) is 13.8. The lowest BCUT2D eigenvalue weighted by molar-refractivity contribution is -0.144. The van der Waals surface area contributed by atoms with E-state index in [-0.39, 0.29) is 28.3 Å². The summed E-state index contributed by atoms with van der Waals surface area (Å²) in [6, 6.07) is 0. The van der Waals surface area contributed by atoms with Crippen molar-refractivity contribution in [3.05, 3.63) is 12.7 Å². The van der Waals surface area contributed by atoms with Crippen LogP contribution in [0.5, 0.6) is 0 Å². The number of hydrogen-bond acceptors (Lipinski definition) is 2. The van der Waals surface area contributed by atoms with Gasteiger partial charge in [-0.2, -0.15) is 0 Å². The molecule has 0 saturated heterocycles. The predicted octanol–water partition coefficient (Wildman–Crippen LogP) is 4.13. The van der Waals surface area contributed by atoms with E-state index in [2.05, 4.69) is 27.4 Å². The highest BCUT2D eigenvalue weighted by atomic mass is 16.3. The Morgan fingerprint density at radius 2 is 1.95 bits per heavy atom. The molecule has 6 atom stereocenters. The Kier molecular flexibility index (Phi) is 3.40. The molecule has 3 fully saturated rings. The maximum absolute atomic E-state index is 12.7. The van der Waals surface area contributed by atoms with Crippen LogP contribution in [0.4, 0.5) is 0 Å². The van der Waals surface area contributed by atoms with Gasteiger partial charge in [0.05, 0.1) is 6.10 Å². The smallest absolute Gasteiger partial charge is 0.137 e. The van der Waals surface area contributed by atoms with E-state index in [0.717, 1.165) is 38.5 Å². The lowest BCUT2D eigenvalue weighted by Gasteiger charge is -2.57. The molecule has 0 amide bonds. The molecule has 0 aromatic rings. The molecule has 2 nitrogen and oxygen atoms in total. The van der Waals surface area contributed by atoms with Crippen molar-refractivity contribution in [3.8, 4) is 0 Å². The van der Waals surface area contributed by atoms with E-state index < -0.39 is 0 Å². The van der Waals surface area contributed by atoms with E-state index in [4.69, 9.17) is 0 Å². The van der Waals surface area contributed by atoms with Gasteiger partial charge in [-0.05, 0) is 55.3 Å². The third-order valence-electron chi connectivity index (χ3n) is 7.69. The number of ketones is 1. The summed E-state index contributed by atoms with van der Waals surface area (Å²) in [5.41, 5.74) is -0.0411. The fourth-order valence-corrected chi connectivity index (χ4v) is 5.73. The Labute approximate surface area is 129 Å². The van der Waals surface area contributed by atoms with Gasteiger partial charge in [0.15, 0.2) is 0 Å². The SMILES string of the molecule is C=C[C@]1(C)CC[C@]2(C)C(C)CC[C@]3(CCC(=O)[C@H]32)C[C@@H]1O. The first kappa shape index (κ1) is 15.3. The van der Waals surface area contributed by atoms with Crippen molar-refractivity contribution in [1.82, 2.24) is 0 Å². The van der Waals surface area contributed by atoms with Crippen LogP contribution < -0.4 is 0 Å². The molecule has 0 heterocycles. The molecule has 21 heavy (non-hydrogen) atoms. The topological polar surface area (TPSA) is 37.3 Å². The van der Waals surface area contributed by atoms with E-state index in [0.29, 0.717) is 11.7 Å². The zero-order chi connectivity index (χ0) is 15.5. The summed E-state index contributed by atoms with van der Waals surface area (Å²) in [7, 11) is 0. The lowest BCUT2D eigenvalue weighted by atomic mass is 9.47. The second-order valence-corrected chi connectivity index (χ2v) is 8.64. The first-order valence-electron chi connectivity index (χ1n) is 8.62. The molecule has 3 aliphatic carbocycles. The minimum Gasteiger partial charge on any atom is -0.392 e. The number of carbonyl (C=O) groups is 1. The second-order valence-electron chi connectivity index (χ2n) is 8.64. The molecule has 0 aliphatic heterocycles. The number of rotatable bonds is 1. The molecule has 0 radical (unpaired) electrons. The van der Waals surface area contributed by atoms with Crippen molar-refractivity contribution >= 4 is 5.78 Å². The monoisotopic (exact) mass is 290 g/mol. The van der Waals surface area contributed by atoms with Crippen molar-refractivity contribution in [1.29, 1.82) is 0 Å². The van der Waals surface area contributed by atoms with Crippen molar-refractivity contribution in [2.24, 2.45) is 28.1 Å². The van der Waals surface area contributed by atoms with Crippen LogP contribution in [0.3, 0.4) is 0 Å². The Morgan fingerprint density at radius 3 is 2.62 bits per heavy atom. The standard InChI is InChI=1S/C19H30O2/c1-5-17(3)10-11-18(4)13(2)6-8-19(12-15(17)21)9-7-14(20)16(18)19/h5,13,15-16,21H,1,6-12H2,2-4H3/t13?,15-,16-,17+,18+,19-/m0/s1. The number of Topliss-reactive ketones (excluding diaryl/α,β-unsaturated/α-hetero) is 1. The van der Waals surface area contributed by atoms with Crippen LogP contribution in [-0.2, 0) is 4.79 Å². The van der Waals surface area contributed by atoms with Gasteiger partial charge in [-0.1, -0.05) is 26.8 Å². The van der Waals surface area contributed by atoms with Gasteiger partial charge in [0.2, 0.25) is 0 Å². The molecule has 0 spiro atoms. The predicted molar refractivity (Wildman–Crippen MR) is 84.8 cm³/mol. The van der Waals surface area contributed by atoms with Crippen LogP contribution in [0.2, 0.25) is 0 Å². The van der Waals surface area contributed by atoms with Crippen LogP contribution in [0, 0.1) is 28.1 Å². The molecule has 1 N–H and O–H groups in total. The minimum absolute atomic E-state index is 0.0580. The molecule has 2 bridgehead atoms. The highest BCUT2D eigenvalue weighted by molar-refractivity contribution is 5.85. The average molecular weight is 290 g/mol. The van der Waals surface area contributed by atoms with Gasteiger partial charge in [-0.15, -0.1) is 6.58 Å². The van der Waals surface area contributed by atoms with Crippen molar-refractivity contribution in [3.63, 3.8) is 0 Å². The molecule has 118 valence electrons. The molecule has 3 rings (SSSR count). The highest BCUT2D eigenvalue weighted by Crippen LogP contribution is 2.65. The van der Waals surface area contributed by atoms with E-state index in [1.165, 1.54) is 6.42 Å². The van der Waals surface area contributed by atoms with Gasteiger partial charge in [-0.3, -0.25) is 4.79 Å². The van der Waals surface area contributed by atoms with Gasteiger partial charge in [0, 0.05) is 17.8 Å². The van der Waals surface area contributed by atoms with Crippen molar-refractivity contribution < 1.29 is 9.90 Å². The van der Waals surface area contributed by atoms with Crippen molar-refractivity contribution in [2.45, 2.75) is 71.8 Å². The number of carbonyl (C=O) groups excluding carboxylic acids is 1. The molecule has 2 heteroatoms. The van der Waals surface area contributed by atoms with E-state index >= 15 is 0 Å². The molecule has 0 aromatic carbocycles. The second kappa shape index (κ2) is 4.68. The van der Waals surface area contributed by atoms with Gasteiger partial charge < -0.3 is 5.11 Å². The van der Waals surface area contributed by atoms with Gasteiger partial charge in [0.1, 0.15) is 5.78 Å². The Bertz CT molecular complexity index is 470. The summed E-state index contributed by atoms with van der Waals surface area (Å²) < 4.78 is 0. The first-order valence-corrected chi connectivity index (χ1v) is 8.62. The largest absolute Gasteiger partial charge is 0.392 e. The Morgan fingerprint density at radius 1 is 1.24 bits per heavy atom. The number of aliphatic hydroxyl groups excluding tert-OH is 1. The molecular formula is C19H30O2. The minimum atomic E-state index is -0.360. The fraction of sp³-hybridized carbons (Fsp3) is 0.842. The van der Waals surface area contributed by atoms with Gasteiger partial charge in [0.25, 0.3) is 0 Å². The molecular weight excluding hydrogens is 260 g/mol. The van der Waals surface area contributed by atoms with Crippen molar-refractivity contribution in [2.75, 3.05) is 0 Å². The molecule has 1 unspecified atom stereocenters. The molecule has 3 aliphatic rings. The normalized spacial score (nSPS) is 53.7. The molecule has 3 saturated carbocycles. The number of aliphatic hydroxyl groups is 1. The first-order chi connectivity index (χ1) is 9.77. The third-order valence-corrected chi connectivity index (χ3v) is 7.69. The molecule has 0 aromatic heterocycles. The summed E-state index contributed by atoms with van der Waals surface area (Å²) in [5.74, 6) is 1.25. The van der Waals surface area contributed by atoms with Gasteiger partial charge in [-0.25, -0.2) is 0 Å². The third kappa shape index (κ3) is 1.98. The van der Waals surface area contributed by atoms with E-state index in [9.17, 15) is 9.90 Å². The Balaban J connectivity index is 2.08. The summed E-state index contributed by atoms with van der Waals surface area (Å²) in [5, 5.41) is 10.8. The average Bonchev–Trinajstić information content (AvgIpc) is 2.78. The van der Waals surface area contributed by atoms with Crippen LogP contribution >= 0.6 is 0 Å². The Hall–Kier alpha value is -0.630. The summed E-state index contributed by atoms with van der Waals surface area (Å²) in [6.07, 6.45) is 8.39. The lowest BCUT2D eigenvalue weighted by Crippen LogP contribution is -2.53. The maximum Gasteiger partial charge on any atom is 0.137 e. The maximum atomic E-state index is 12.7. The van der Waals surface area contributed by atoms with E-state index in [1.54, 1.807) is 0 Å². The van der Waals surface area contributed by atoms with E-state index in [1.807, 2.05) is 6.08 Å². The van der Waals surface area contributed by atoms with Crippen LogP contribution in [0.15, 0.2) is 12.7 Å². The quantitative estimate of drug-likeness (QED) is 0.737. The highest BCUT2D eigenvalue weighted by Gasteiger charge is 2.62. The summed E-state index contributed by atoms with van der Waals surface area (Å²) >= 11 is 0. The zero-order valence-corrected chi connectivity index (χ0v) is 13.8. The fourth-order valence-electron chi connectivity index (χ4n) is 5.73. The van der Waals surface area contributed by atoms with Crippen LogP contribution in [0.1, 0.15) is 65.7 Å². The van der Waals surface area contributed by atoms with Crippen LogP contribution in [-0.4, -0.2) is 17.0 Å². The van der Waals surface area contributed by atoms with Crippen LogP contribution in [0.25, 0.3) is 0 Å².